The van der Waals surface area contributed by atoms with Crippen molar-refractivity contribution in [2.45, 2.75) is 19.3 Å². The maximum Gasteiger partial charge on any atom is 0.330 e. The van der Waals surface area contributed by atoms with Gasteiger partial charge in [-0.3, -0.25) is 0 Å². The largest absolute Gasteiger partial charge is 0.490 e. The average molecular weight is 740 g/mol. The molecule has 0 saturated heterocycles. The van der Waals surface area contributed by atoms with Crippen molar-refractivity contribution in [3.05, 3.63) is 78.6 Å². The Bertz CT molecular complexity index is 1070. The predicted molar refractivity (Wildman–Crippen MR) is 149 cm³/mol. The third-order valence-corrected chi connectivity index (χ3v) is 9.09. The summed E-state index contributed by atoms with van der Waals surface area (Å²) in [7, 11) is 0. The standard InChI is InChI=1S/C25H24Br4O6/c1-5-17(30)33-12-11-32-16-9-7-15(8-10-16)25(3,4)19-20(26)22(28)24(23(29)21(19)27)35-14-13-34-18(31)6-2/h5-10H,1-2,11-14H2,3-4H3. The van der Waals surface area contributed by atoms with Crippen LogP contribution in [0.25, 0.3) is 0 Å². The van der Waals surface area contributed by atoms with E-state index in [9.17, 15) is 9.59 Å². The zero-order chi connectivity index (χ0) is 26.2. The molecule has 0 fully saturated rings. The number of rotatable bonds is 12. The van der Waals surface area contributed by atoms with Crippen molar-refractivity contribution in [1.82, 2.24) is 0 Å². The SMILES string of the molecule is C=CC(=O)OCCOc1ccc(C(C)(C)c2c(Br)c(Br)c(OCCOC(=O)C=C)c(Br)c2Br)cc1. The van der Waals surface area contributed by atoms with E-state index >= 15 is 0 Å². The van der Waals surface area contributed by atoms with Gasteiger partial charge in [0.2, 0.25) is 0 Å². The van der Waals surface area contributed by atoms with Gasteiger partial charge in [0.25, 0.3) is 0 Å². The second kappa shape index (κ2) is 13.6. The van der Waals surface area contributed by atoms with E-state index in [1.54, 1.807) is 0 Å². The smallest absolute Gasteiger partial charge is 0.330 e. The lowest BCUT2D eigenvalue weighted by Gasteiger charge is -2.30. The van der Waals surface area contributed by atoms with Gasteiger partial charge in [0, 0.05) is 26.5 Å². The summed E-state index contributed by atoms with van der Waals surface area (Å²) in [5, 5.41) is 0. The molecule has 0 bridgehead atoms. The molecular formula is C25H24Br4O6. The van der Waals surface area contributed by atoms with Crippen LogP contribution in [-0.4, -0.2) is 38.4 Å². The maximum atomic E-state index is 11.2. The van der Waals surface area contributed by atoms with Crippen LogP contribution < -0.4 is 9.47 Å². The molecule has 0 radical (unpaired) electrons. The summed E-state index contributed by atoms with van der Waals surface area (Å²) < 4.78 is 24.5. The van der Waals surface area contributed by atoms with E-state index in [2.05, 4.69) is 90.7 Å². The van der Waals surface area contributed by atoms with Crippen LogP contribution in [0, 0.1) is 0 Å². The van der Waals surface area contributed by atoms with Gasteiger partial charge in [0.1, 0.15) is 37.9 Å². The fourth-order valence-corrected chi connectivity index (χ4v) is 6.41. The molecule has 35 heavy (non-hydrogen) atoms. The van der Waals surface area contributed by atoms with Crippen molar-refractivity contribution in [3.8, 4) is 11.5 Å². The molecule has 2 rings (SSSR count). The minimum atomic E-state index is -0.501. The number of hydrogen-bond donors (Lipinski definition) is 0. The zero-order valence-corrected chi connectivity index (χ0v) is 25.5. The lowest BCUT2D eigenvalue weighted by Crippen LogP contribution is -2.21. The Hall–Kier alpha value is -1.62. The lowest BCUT2D eigenvalue weighted by atomic mass is 9.78. The topological polar surface area (TPSA) is 71.1 Å². The van der Waals surface area contributed by atoms with Gasteiger partial charge in [-0.05, 0) is 87.0 Å². The summed E-state index contributed by atoms with van der Waals surface area (Å²) >= 11 is 14.7. The first-order chi connectivity index (χ1) is 16.5. The number of benzene rings is 2. The molecule has 0 heterocycles. The van der Waals surface area contributed by atoms with Crippen LogP contribution in [0.15, 0.2) is 67.5 Å². The number of halogens is 4. The summed E-state index contributed by atoms with van der Waals surface area (Å²) in [6.07, 6.45) is 2.22. The van der Waals surface area contributed by atoms with Crippen molar-refractivity contribution in [2.75, 3.05) is 26.4 Å². The van der Waals surface area contributed by atoms with Gasteiger partial charge in [-0.1, -0.05) is 39.1 Å². The Balaban J connectivity index is 2.21. The van der Waals surface area contributed by atoms with E-state index in [0.29, 0.717) is 11.5 Å². The van der Waals surface area contributed by atoms with Crippen molar-refractivity contribution in [1.29, 1.82) is 0 Å². The zero-order valence-electron chi connectivity index (χ0n) is 19.2. The summed E-state index contributed by atoms with van der Waals surface area (Å²) in [5.41, 5.74) is 1.62. The molecule has 0 aromatic heterocycles. The molecular weight excluding hydrogens is 716 g/mol. The first-order valence-corrected chi connectivity index (χ1v) is 13.5. The monoisotopic (exact) mass is 736 g/mol. The molecule has 0 aliphatic rings. The summed E-state index contributed by atoms with van der Waals surface area (Å²) in [5.74, 6) is 0.255. The van der Waals surface area contributed by atoms with Crippen molar-refractivity contribution in [2.24, 2.45) is 0 Å². The molecule has 0 aliphatic carbocycles. The number of hydrogen-bond acceptors (Lipinski definition) is 6. The Labute approximate surface area is 238 Å². The highest BCUT2D eigenvalue weighted by Crippen LogP contribution is 2.51. The minimum absolute atomic E-state index is 0.0946. The maximum absolute atomic E-state index is 11.2. The highest BCUT2D eigenvalue weighted by molar-refractivity contribution is 9.14. The van der Waals surface area contributed by atoms with E-state index in [0.717, 1.165) is 41.2 Å². The van der Waals surface area contributed by atoms with Crippen molar-refractivity contribution in [3.63, 3.8) is 0 Å². The van der Waals surface area contributed by atoms with E-state index in [4.69, 9.17) is 18.9 Å². The molecule has 2 aromatic carbocycles. The summed E-state index contributed by atoms with van der Waals surface area (Å²) in [6.45, 7) is 11.6. The van der Waals surface area contributed by atoms with Crippen LogP contribution in [0.5, 0.6) is 11.5 Å². The van der Waals surface area contributed by atoms with Gasteiger partial charge in [-0.25, -0.2) is 9.59 Å². The van der Waals surface area contributed by atoms with E-state index in [-0.39, 0.29) is 26.4 Å². The lowest BCUT2D eigenvalue weighted by molar-refractivity contribution is -0.139. The Morgan fingerprint density at radius 2 is 1.23 bits per heavy atom. The summed E-state index contributed by atoms with van der Waals surface area (Å²) in [4.78, 5) is 22.3. The Morgan fingerprint density at radius 1 is 0.771 bits per heavy atom. The van der Waals surface area contributed by atoms with Crippen LogP contribution in [0.3, 0.4) is 0 Å². The van der Waals surface area contributed by atoms with Crippen LogP contribution >= 0.6 is 63.7 Å². The Morgan fingerprint density at radius 3 is 1.69 bits per heavy atom. The molecule has 0 aliphatic heterocycles. The number of carbonyl (C=O) groups is 2. The number of esters is 2. The van der Waals surface area contributed by atoms with E-state index in [1.807, 2.05) is 24.3 Å². The first-order valence-electron chi connectivity index (χ1n) is 10.4. The fourth-order valence-electron chi connectivity index (χ4n) is 3.10. The minimum Gasteiger partial charge on any atom is -0.490 e. The normalized spacial score (nSPS) is 10.9. The van der Waals surface area contributed by atoms with Crippen molar-refractivity contribution < 1.29 is 28.5 Å². The third-order valence-electron chi connectivity index (χ3n) is 4.93. The van der Waals surface area contributed by atoms with Crippen LogP contribution in [-0.2, 0) is 24.5 Å². The molecule has 2 aromatic rings. The molecule has 0 N–H and O–H groups in total. The highest BCUT2D eigenvalue weighted by atomic mass is 79.9. The number of carbonyl (C=O) groups excluding carboxylic acids is 2. The molecule has 0 unspecified atom stereocenters. The van der Waals surface area contributed by atoms with Crippen LogP contribution in [0.2, 0.25) is 0 Å². The Kier molecular flexibility index (Phi) is 11.5. The molecule has 0 saturated carbocycles. The second-order valence-electron chi connectivity index (χ2n) is 7.55. The molecule has 0 atom stereocenters. The molecule has 6 nitrogen and oxygen atoms in total. The fraction of sp³-hybridized carbons (Fsp3) is 0.280. The predicted octanol–water partition coefficient (Wildman–Crippen LogP) is 7.28. The molecule has 0 amide bonds. The highest BCUT2D eigenvalue weighted by Gasteiger charge is 2.32. The van der Waals surface area contributed by atoms with Crippen LogP contribution in [0.1, 0.15) is 25.0 Å². The van der Waals surface area contributed by atoms with Gasteiger partial charge in [0.05, 0.1) is 8.95 Å². The molecule has 188 valence electrons. The van der Waals surface area contributed by atoms with Crippen LogP contribution in [0.4, 0.5) is 0 Å². The molecule has 10 heteroatoms. The van der Waals surface area contributed by atoms with Gasteiger partial charge in [-0.2, -0.15) is 0 Å². The van der Waals surface area contributed by atoms with Gasteiger partial charge < -0.3 is 18.9 Å². The summed E-state index contributed by atoms with van der Waals surface area (Å²) in [6, 6.07) is 7.73. The van der Waals surface area contributed by atoms with Crippen molar-refractivity contribution >= 4 is 75.7 Å². The number of ether oxygens (including phenoxy) is 4. The van der Waals surface area contributed by atoms with Gasteiger partial charge in [-0.15, -0.1) is 0 Å². The van der Waals surface area contributed by atoms with E-state index < -0.39 is 17.4 Å². The first kappa shape index (κ1) is 29.6. The molecule has 0 spiro atoms. The van der Waals surface area contributed by atoms with Gasteiger partial charge in [0.15, 0.2) is 0 Å². The average Bonchev–Trinajstić information content (AvgIpc) is 2.84. The quantitative estimate of drug-likeness (QED) is 0.0987. The van der Waals surface area contributed by atoms with E-state index in [1.165, 1.54) is 0 Å². The van der Waals surface area contributed by atoms with Gasteiger partial charge >= 0.3 is 11.9 Å². The third kappa shape index (κ3) is 7.68. The second-order valence-corrected chi connectivity index (χ2v) is 10.7.